The summed E-state index contributed by atoms with van der Waals surface area (Å²) in [6.45, 7) is 4.19. The van der Waals surface area contributed by atoms with E-state index in [1.807, 2.05) is 6.07 Å². The highest BCUT2D eigenvalue weighted by molar-refractivity contribution is 7.22. The molecule has 4 unspecified atom stereocenters. The maximum absolute atomic E-state index is 14.6. The van der Waals surface area contributed by atoms with E-state index in [1.165, 1.54) is 26.0 Å². The zero-order valence-electron chi connectivity index (χ0n) is 25.0. The van der Waals surface area contributed by atoms with Crippen LogP contribution in [0.1, 0.15) is 38.1 Å². The average molecular weight is 639 g/mol. The summed E-state index contributed by atoms with van der Waals surface area (Å²) >= 11 is 1.08. The number of methoxy groups -OCH3 is 1. The predicted octanol–water partition coefficient (Wildman–Crippen LogP) is 3.50. The first-order valence-corrected chi connectivity index (χ1v) is 16.5. The lowest BCUT2D eigenvalue weighted by atomic mass is 10.1. The molecule has 3 aromatic heterocycles. The molecular formula is C31H36F2N8O3S. The summed E-state index contributed by atoms with van der Waals surface area (Å²) in [5.41, 5.74) is 7.82. The van der Waals surface area contributed by atoms with E-state index in [-0.39, 0.29) is 22.7 Å². The molecular weight excluding hydrogens is 602 g/mol. The van der Waals surface area contributed by atoms with Gasteiger partial charge in [-0.15, -0.1) is 0 Å². The number of anilines is 2. The first-order valence-electron chi connectivity index (χ1n) is 15.7. The molecule has 1 aromatic carbocycles. The number of fused-ring (bicyclic) bond motifs is 5. The van der Waals surface area contributed by atoms with E-state index in [9.17, 15) is 13.6 Å². The van der Waals surface area contributed by atoms with Gasteiger partial charge in [-0.2, -0.15) is 9.97 Å². The van der Waals surface area contributed by atoms with E-state index in [0.717, 1.165) is 50.2 Å². The minimum absolute atomic E-state index is 0.165. The third kappa shape index (κ3) is 5.11. The fraction of sp³-hybridized carbons (Fsp3) is 0.548. The highest BCUT2D eigenvalue weighted by atomic mass is 32.1. The molecule has 11 nitrogen and oxygen atoms in total. The molecule has 5 saturated heterocycles. The number of pyridine rings is 1. The van der Waals surface area contributed by atoms with Gasteiger partial charge in [0.25, 0.3) is 5.56 Å². The van der Waals surface area contributed by atoms with E-state index in [0.29, 0.717) is 76.1 Å². The number of thiazole rings is 1. The van der Waals surface area contributed by atoms with E-state index in [2.05, 4.69) is 30.1 Å². The van der Waals surface area contributed by atoms with Crippen molar-refractivity contribution >= 4 is 43.4 Å². The van der Waals surface area contributed by atoms with Crippen LogP contribution < -0.4 is 26.2 Å². The maximum Gasteiger partial charge on any atom is 0.318 e. The first-order chi connectivity index (χ1) is 21.9. The number of benzene rings is 1. The van der Waals surface area contributed by atoms with Gasteiger partial charge in [-0.3, -0.25) is 14.3 Å². The Bertz CT molecular complexity index is 1810. The summed E-state index contributed by atoms with van der Waals surface area (Å²) < 4.78 is 40.1. The third-order valence-corrected chi connectivity index (χ3v) is 10.7. The highest BCUT2D eigenvalue weighted by Gasteiger charge is 2.36. The minimum Gasteiger partial charge on any atom is -0.467 e. The molecule has 4 atom stereocenters. The molecule has 0 amide bonds. The quantitative estimate of drug-likeness (QED) is 0.343. The molecule has 45 heavy (non-hydrogen) atoms. The maximum atomic E-state index is 14.6. The predicted molar refractivity (Wildman–Crippen MR) is 169 cm³/mol. The van der Waals surface area contributed by atoms with Crippen LogP contribution in [0, 0.1) is 5.82 Å². The van der Waals surface area contributed by atoms with Crippen LogP contribution in [-0.2, 0) is 4.74 Å². The molecule has 0 aliphatic carbocycles. The van der Waals surface area contributed by atoms with Crippen molar-refractivity contribution in [3.05, 3.63) is 34.4 Å². The highest BCUT2D eigenvalue weighted by Crippen LogP contribution is 2.38. The molecule has 238 valence electrons. The summed E-state index contributed by atoms with van der Waals surface area (Å²) in [6, 6.07) is 6.24. The molecule has 5 fully saturated rings. The number of ether oxygens (including phenoxy) is 2. The van der Waals surface area contributed by atoms with Crippen LogP contribution in [-0.4, -0.2) is 95.2 Å². The molecule has 4 aromatic rings. The third-order valence-electron chi connectivity index (χ3n) is 9.79. The van der Waals surface area contributed by atoms with E-state index in [4.69, 9.17) is 15.2 Å². The number of halogens is 2. The summed E-state index contributed by atoms with van der Waals surface area (Å²) in [5.74, 6) is 0.187. The van der Waals surface area contributed by atoms with Crippen LogP contribution in [0.3, 0.4) is 0 Å². The largest absolute Gasteiger partial charge is 0.467 e. The van der Waals surface area contributed by atoms with Crippen LogP contribution in [0.15, 0.2) is 23.0 Å². The number of nitrogens with zero attached hydrogens (tertiary/aromatic N) is 6. The molecule has 5 aliphatic heterocycles. The van der Waals surface area contributed by atoms with Crippen molar-refractivity contribution in [1.82, 2.24) is 29.7 Å². The van der Waals surface area contributed by atoms with Gasteiger partial charge in [-0.25, -0.2) is 13.8 Å². The lowest BCUT2D eigenvalue weighted by molar-refractivity contribution is -0.0238. The van der Waals surface area contributed by atoms with Gasteiger partial charge in [0.1, 0.15) is 23.2 Å². The zero-order chi connectivity index (χ0) is 30.8. The number of hydrogen-bond acceptors (Lipinski definition) is 11. The Hall–Kier alpha value is -3.46. The fourth-order valence-corrected chi connectivity index (χ4v) is 8.41. The normalized spacial score (nSPS) is 26.2. The Morgan fingerprint density at radius 1 is 1.09 bits per heavy atom. The second-order valence-electron chi connectivity index (χ2n) is 12.7. The second kappa shape index (κ2) is 11.4. The molecule has 0 radical (unpaired) electrons. The van der Waals surface area contributed by atoms with E-state index in [1.54, 1.807) is 10.6 Å². The summed E-state index contributed by atoms with van der Waals surface area (Å²) in [7, 11) is 1.52. The number of alkyl halides is 1. The van der Waals surface area contributed by atoms with Crippen molar-refractivity contribution in [2.45, 2.75) is 62.4 Å². The van der Waals surface area contributed by atoms with Gasteiger partial charge in [-0.05, 0) is 56.8 Å². The number of nitrogens with two attached hydrogens (primary N) is 1. The Kier molecular flexibility index (Phi) is 7.35. The first kappa shape index (κ1) is 29.0. The molecule has 2 bridgehead atoms. The Morgan fingerprint density at radius 2 is 1.89 bits per heavy atom. The number of aromatic nitrogens is 4. The smallest absolute Gasteiger partial charge is 0.318 e. The van der Waals surface area contributed by atoms with Crippen LogP contribution in [0.2, 0.25) is 0 Å². The van der Waals surface area contributed by atoms with Gasteiger partial charge in [0.2, 0.25) is 0 Å². The second-order valence-corrected chi connectivity index (χ2v) is 13.7. The molecule has 5 aliphatic rings. The molecule has 3 N–H and O–H groups in total. The van der Waals surface area contributed by atoms with Gasteiger partial charge in [0.05, 0.1) is 47.8 Å². The van der Waals surface area contributed by atoms with Crippen molar-refractivity contribution in [2.75, 3.05) is 57.1 Å². The van der Waals surface area contributed by atoms with Gasteiger partial charge >= 0.3 is 6.01 Å². The fourth-order valence-electron chi connectivity index (χ4n) is 7.64. The number of nitrogens with one attached hydrogen (secondary N) is 1. The molecule has 9 rings (SSSR count). The summed E-state index contributed by atoms with van der Waals surface area (Å²) in [5, 5.41) is 4.33. The Morgan fingerprint density at radius 3 is 2.60 bits per heavy atom. The topological polar surface area (TPSA) is 124 Å². The lowest BCUT2D eigenvalue weighted by Gasteiger charge is -2.35. The van der Waals surface area contributed by atoms with Gasteiger partial charge in [0, 0.05) is 43.3 Å². The minimum atomic E-state index is -0.518. The lowest BCUT2D eigenvalue weighted by Crippen LogP contribution is -2.51. The monoisotopic (exact) mass is 638 g/mol. The zero-order valence-corrected chi connectivity index (χ0v) is 25.9. The number of piperazine rings is 1. The number of rotatable bonds is 4. The van der Waals surface area contributed by atoms with E-state index >= 15 is 0 Å². The van der Waals surface area contributed by atoms with Crippen LogP contribution in [0.4, 0.5) is 19.7 Å². The van der Waals surface area contributed by atoms with Crippen molar-refractivity contribution in [3.63, 3.8) is 0 Å². The molecule has 8 heterocycles. The van der Waals surface area contributed by atoms with Crippen molar-refractivity contribution in [3.8, 4) is 17.3 Å². The van der Waals surface area contributed by atoms with Crippen LogP contribution in [0.5, 0.6) is 6.01 Å². The molecule has 14 heteroatoms. The van der Waals surface area contributed by atoms with Crippen molar-refractivity contribution in [2.24, 2.45) is 0 Å². The van der Waals surface area contributed by atoms with Crippen LogP contribution in [0.25, 0.3) is 32.4 Å². The number of hydrogen-bond donors (Lipinski definition) is 2. The summed E-state index contributed by atoms with van der Waals surface area (Å²) in [6.07, 6.45) is 5.02. The average Bonchev–Trinajstić information content (AvgIpc) is 3.77. The van der Waals surface area contributed by atoms with Gasteiger partial charge in [0.15, 0.2) is 5.13 Å². The Balaban J connectivity index is 0.000000286. The van der Waals surface area contributed by atoms with E-state index < -0.39 is 12.0 Å². The molecule has 0 saturated carbocycles. The molecule has 0 spiro atoms. The standard InChI is InChI=1S/C24H24FN7O3S.C7H12FN/c1-34-24-28-16-6-17(14-4-5-15(25)20-19(14)29-23(26)36-20)32(13-9-35-10-13)22(33)18(16)21(30-24)31-7-11-2-3-12(8-31)27-11;8-6-4-7-2-1-3-9(7)5-6/h4-6,11-13,27H,2-3,7-10H2,1H3,(H2,26,29);6-7H,1-5H2. The van der Waals surface area contributed by atoms with Crippen LogP contribution >= 0.6 is 11.3 Å². The Labute approximate surface area is 262 Å². The van der Waals surface area contributed by atoms with Crippen molar-refractivity contribution < 1.29 is 18.3 Å². The number of nitrogen functional groups attached to an aromatic ring is 1. The SMILES string of the molecule is COc1nc(N2CC3CCC(C2)N3)c2c(=O)n(C3COC3)c(-c3ccc(F)c4sc(N)nc34)cc2n1.FC1CC2CCCN2C1. The van der Waals surface area contributed by atoms with Gasteiger partial charge < -0.3 is 25.4 Å². The van der Waals surface area contributed by atoms with Crippen molar-refractivity contribution in [1.29, 1.82) is 0 Å². The summed E-state index contributed by atoms with van der Waals surface area (Å²) in [4.78, 5) is 32.3. The van der Waals surface area contributed by atoms with Gasteiger partial charge in [-0.1, -0.05) is 11.3 Å².